The number of hydrogen-bond acceptors (Lipinski definition) is 2. The van der Waals surface area contributed by atoms with Gasteiger partial charge in [0.2, 0.25) is 0 Å². The molecule has 0 radical (unpaired) electrons. The van der Waals surface area contributed by atoms with E-state index in [1.807, 2.05) is 0 Å². The molecule has 1 aromatic carbocycles. The number of hydrogen-bond donors (Lipinski definition) is 1. The Morgan fingerprint density at radius 3 is 3.05 bits per heavy atom. The quantitative estimate of drug-likeness (QED) is 0.908. The number of likely N-dealkylation sites (tertiary alicyclic amines) is 1. The Bertz CT molecular complexity index is 460. The number of benzene rings is 1. The van der Waals surface area contributed by atoms with E-state index in [-0.39, 0.29) is 0 Å². The molecule has 0 amide bonds. The van der Waals surface area contributed by atoms with E-state index in [1.165, 1.54) is 56.2 Å². The van der Waals surface area contributed by atoms with Gasteiger partial charge < -0.3 is 5.32 Å². The number of piperidine rings is 1. The maximum Gasteiger partial charge on any atom is 0.0408 e. The smallest absolute Gasteiger partial charge is 0.0408 e. The first-order valence-corrected chi connectivity index (χ1v) is 8.36. The van der Waals surface area contributed by atoms with Crippen molar-refractivity contribution in [1.29, 1.82) is 0 Å². The van der Waals surface area contributed by atoms with Gasteiger partial charge in [0.15, 0.2) is 0 Å². The van der Waals surface area contributed by atoms with E-state index < -0.39 is 0 Å². The third-order valence-corrected chi connectivity index (χ3v) is 5.19. The van der Waals surface area contributed by atoms with Crippen molar-refractivity contribution in [3.05, 3.63) is 34.3 Å². The molecule has 0 saturated carbocycles. The average molecular weight is 293 g/mol. The van der Waals surface area contributed by atoms with Gasteiger partial charge in [0.1, 0.15) is 0 Å². The van der Waals surface area contributed by atoms with E-state index >= 15 is 0 Å². The van der Waals surface area contributed by atoms with Crippen LogP contribution in [0.4, 0.5) is 0 Å². The first-order valence-electron chi connectivity index (χ1n) is 7.98. The zero-order valence-electron chi connectivity index (χ0n) is 12.4. The van der Waals surface area contributed by atoms with E-state index in [2.05, 4.69) is 35.5 Å². The van der Waals surface area contributed by atoms with E-state index in [4.69, 9.17) is 11.6 Å². The van der Waals surface area contributed by atoms with Crippen LogP contribution >= 0.6 is 11.6 Å². The van der Waals surface area contributed by atoms with Gasteiger partial charge >= 0.3 is 0 Å². The van der Waals surface area contributed by atoms with Crippen LogP contribution in [-0.2, 0) is 6.42 Å². The molecule has 1 aromatic rings. The molecule has 3 rings (SSSR count). The zero-order chi connectivity index (χ0) is 13.9. The van der Waals surface area contributed by atoms with Crippen LogP contribution in [0.2, 0.25) is 5.02 Å². The summed E-state index contributed by atoms with van der Waals surface area (Å²) in [5, 5.41) is 4.19. The molecular weight excluding hydrogens is 268 g/mol. The van der Waals surface area contributed by atoms with Crippen molar-refractivity contribution >= 4 is 11.6 Å². The number of halogens is 1. The summed E-state index contributed by atoms with van der Waals surface area (Å²) in [5.41, 5.74) is 3.01. The molecule has 2 atom stereocenters. The molecule has 1 fully saturated rings. The van der Waals surface area contributed by atoms with Gasteiger partial charge in [-0.3, -0.25) is 4.90 Å². The molecule has 110 valence electrons. The normalized spacial score (nSPS) is 26.7. The first kappa shape index (κ1) is 14.4. The molecule has 0 spiro atoms. The molecule has 2 aliphatic rings. The van der Waals surface area contributed by atoms with Crippen LogP contribution in [0.25, 0.3) is 0 Å². The summed E-state index contributed by atoms with van der Waals surface area (Å²) in [6, 6.07) is 7.88. The lowest BCUT2D eigenvalue weighted by Crippen LogP contribution is -2.42. The molecule has 20 heavy (non-hydrogen) atoms. The Balaban J connectivity index is 1.78. The summed E-state index contributed by atoms with van der Waals surface area (Å²) in [7, 11) is 2.06. The second-order valence-corrected chi connectivity index (χ2v) is 6.61. The number of aryl methyl sites for hydroxylation is 1. The van der Waals surface area contributed by atoms with Crippen molar-refractivity contribution in [3.8, 4) is 0 Å². The highest BCUT2D eigenvalue weighted by atomic mass is 35.5. The Morgan fingerprint density at radius 2 is 2.20 bits per heavy atom. The molecule has 1 N–H and O–H groups in total. The molecule has 1 aliphatic carbocycles. The summed E-state index contributed by atoms with van der Waals surface area (Å²) in [6.45, 7) is 2.39. The summed E-state index contributed by atoms with van der Waals surface area (Å²) >= 11 is 6.13. The number of fused-ring (bicyclic) bond motifs is 1. The van der Waals surface area contributed by atoms with Crippen molar-refractivity contribution in [2.45, 2.75) is 50.6 Å². The van der Waals surface area contributed by atoms with Crippen LogP contribution in [-0.4, -0.2) is 31.1 Å². The Kier molecular flexibility index (Phi) is 4.65. The Labute approximate surface area is 127 Å². The molecule has 3 heteroatoms. The van der Waals surface area contributed by atoms with Gasteiger partial charge in [0.25, 0.3) is 0 Å². The van der Waals surface area contributed by atoms with E-state index in [1.54, 1.807) is 0 Å². The van der Waals surface area contributed by atoms with Gasteiger partial charge in [-0.15, -0.1) is 0 Å². The van der Waals surface area contributed by atoms with Gasteiger partial charge in [-0.2, -0.15) is 0 Å². The lowest BCUT2D eigenvalue weighted by Gasteiger charge is -2.40. The molecule has 2 nitrogen and oxygen atoms in total. The van der Waals surface area contributed by atoms with Gasteiger partial charge in [-0.1, -0.05) is 24.1 Å². The second-order valence-electron chi connectivity index (χ2n) is 6.18. The third-order valence-electron chi connectivity index (χ3n) is 4.95. The number of nitrogens with one attached hydrogen (secondary N) is 1. The third kappa shape index (κ3) is 2.88. The van der Waals surface area contributed by atoms with Gasteiger partial charge in [-0.05, 0) is 75.5 Å². The van der Waals surface area contributed by atoms with Crippen LogP contribution < -0.4 is 5.32 Å². The Morgan fingerprint density at radius 1 is 1.30 bits per heavy atom. The lowest BCUT2D eigenvalue weighted by atomic mass is 9.95. The molecular formula is C17H25ClN2. The van der Waals surface area contributed by atoms with Crippen LogP contribution in [0, 0.1) is 0 Å². The van der Waals surface area contributed by atoms with Gasteiger partial charge in [-0.25, -0.2) is 0 Å². The molecule has 0 bridgehead atoms. The average Bonchev–Trinajstić information content (AvgIpc) is 2.88. The Hall–Kier alpha value is -0.570. The first-order chi connectivity index (χ1) is 9.79. The largest absolute Gasteiger partial charge is 0.320 e. The zero-order valence-corrected chi connectivity index (χ0v) is 13.1. The van der Waals surface area contributed by atoms with Crippen LogP contribution in [0.3, 0.4) is 0 Å². The highest BCUT2D eigenvalue weighted by Crippen LogP contribution is 2.40. The summed E-state index contributed by atoms with van der Waals surface area (Å²) < 4.78 is 0. The van der Waals surface area contributed by atoms with E-state index in [0.29, 0.717) is 6.04 Å². The van der Waals surface area contributed by atoms with Crippen LogP contribution in [0.5, 0.6) is 0 Å². The predicted octanol–water partition coefficient (Wildman–Crippen LogP) is 3.79. The van der Waals surface area contributed by atoms with Crippen LogP contribution in [0.15, 0.2) is 18.2 Å². The minimum Gasteiger partial charge on any atom is -0.320 e. The SMILES string of the molecule is CNCCC1CCCCN1C1CCc2cc(Cl)ccc21. The van der Waals surface area contributed by atoms with Crippen molar-refractivity contribution in [2.24, 2.45) is 0 Å². The fourth-order valence-electron chi connectivity index (χ4n) is 3.96. The maximum absolute atomic E-state index is 6.13. The predicted molar refractivity (Wildman–Crippen MR) is 85.4 cm³/mol. The molecule has 1 aliphatic heterocycles. The molecule has 0 aromatic heterocycles. The van der Waals surface area contributed by atoms with Crippen LogP contribution in [0.1, 0.15) is 49.3 Å². The highest BCUT2D eigenvalue weighted by molar-refractivity contribution is 6.30. The highest BCUT2D eigenvalue weighted by Gasteiger charge is 2.33. The molecule has 1 heterocycles. The van der Waals surface area contributed by atoms with Crippen molar-refractivity contribution in [3.63, 3.8) is 0 Å². The topological polar surface area (TPSA) is 15.3 Å². The van der Waals surface area contributed by atoms with Gasteiger partial charge in [0, 0.05) is 17.1 Å². The molecule has 2 unspecified atom stereocenters. The summed E-state index contributed by atoms with van der Waals surface area (Å²) in [6.07, 6.45) is 7.85. The number of nitrogens with zero attached hydrogens (tertiary/aromatic N) is 1. The standard InChI is InChI=1S/C17H25ClN2/c1-19-10-9-15-4-2-3-11-20(15)17-8-5-13-12-14(18)6-7-16(13)17/h6-7,12,15,17,19H,2-5,8-11H2,1H3. The minimum absolute atomic E-state index is 0.629. The fourth-order valence-corrected chi connectivity index (χ4v) is 4.16. The summed E-state index contributed by atoms with van der Waals surface area (Å²) in [5.74, 6) is 0. The molecule has 1 saturated heterocycles. The second kappa shape index (κ2) is 6.46. The lowest BCUT2D eigenvalue weighted by molar-refractivity contribution is 0.0889. The van der Waals surface area contributed by atoms with Gasteiger partial charge in [0.05, 0.1) is 0 Å². The van der Waals surface area contributed by atoms with Crippen molar-refractivity contribution < 1.29 is 0 Å². The van der Waals surface area contributed by atoms with Crippen molar-refractivity contribution in [2.75, 3.05) is 20.1 Å². The van der Waals surface area contributed by atoms with E-state index in [0.717, 1.165) is 17.6 Å². The summed E-state index contributed by atoms with van der Waals surface area (Å²) in [4.78, 5) is 2.78. The maximum atomic E-state index is 6.13. The number of rotatable bonds is 4. The minimum atomic E-state index is 0.629. The van der Waals surface area contributed by atoms with E-state index in [9.17, 15) is 0 Å². The van der Waals surface area contributed by atoms with Crippen molar-refractivity contribution in [1.82, 2.24) is 10.2 Å². The fraction of sp³-hybridized carbons (Fsp3) is 0.647. The monoisotopic (exact) mass is 292 g/mol.